The smallest absolute Gasteiger partial charge is 0.227 e. The van der Waals surface area contributed by atoms with Gasteiger partial charge in [0.25, 0.3) is 0 Å². The molecule has 0 spiro atoms. The van der Waals surface area contributed by atoms with Crippen molar-refractivity contribution in [3.05, 3.63) is 83.5 Å². The third kappa shape index (κ3) is 4.11. The number of fused-ring (bicyclic) bond motifs is 1. The number of rotatable bonds is 6. The predicted octanol–water partition coefficient (Wildman–Crippen LogP) is 6.37. The van der Waals surface area contributed by atoms with Gasteiger partial charge in [0.2, 0.25) is 5.91 Å². The molecule has 0 atom stereocenters. The van der Waals surface area contributed by atoms with Gasteiger partial charge < -0.3 is 14.8 Å². The fourth-order valence-electron chi connectivity index (χ4n) is 3.33. The zero-order chi connectivity index (χ0) is 21.1. The summed E-state index contributed by atoms with van der Waals surface area (Å²) in [4.78, 5) is 12.1. The van der Waals surface area contributed by atoms with Crippen LogP contribution in [0.4, 0.5) is 5.69 Å². The van der Waals surface area contributed by atoms with Crippen LogP contribution in [0.15, 0.2) is 72.9 Å². The van der Waals surface area contributed by atoms with E-state index in [1.54, 1.807) is 30.7 Å². The maximum atomic E-state index is 12.1. The number of benzene rings is 3. The molecular formula is C24H21ClN2O3. The first-order chi connectivity index (χ1) is 14.5. The molecule has 0 saturated carbocycles. The number of halogens is 1. The van der Waals surface area contributed by atoms with Gasteiger partial charge in [-0.3, -0.25) is 9.36 Å². The summed E-state index contributed by atoms with van der Waals surface area (Å²) < 4.78 is 13.0. The lowest BCUT2D eigenvalue weighted by Gasteiger charge is -2.13. The number of carbonyl (C=O) groups is 1. The van der Waals surface area contributed by atoms with Gasteiger partial charge in [0.15, 0.2) is 5.75 Å². The maximum absolute atomic E-state index is 12.1. The molecule has 0 aliphatic heterocycles. The van der Waals surface area contributed by atoms with Crippen molar-refractivity contribution in [1.82, 2.24) is 4.57 Å². The molecular weight excluding hydrogens is 400 g/mol. The van der Waals surface area contributed by atoms with E-state index in [1.807, 2.05) is 60.8 Å². The minimum absolute atomic E-state index is 0.0390. The first-order valence-electron chi connectivity index (χ1n) is 9.50. The van der Waals surface area contributed by atoms with Crippen LogP contribution in [0, 0.1) is 0 Å². The average Bonchev–Trinajstić information content (AvgIpc) is 3.13. The van der Waals surface area contributed by atoms with Gasteiger partial charge in [0, 0.05) is 30.1 Å². The summed E-state index contributed by atoms with van der Waals surface area (Å²) in [5.41, 5.74) is 2.69. The van der Waals surface area contributed by atoms with Crippen LogP contribution in [-0.4, -0.2) is 17.6 Å². The van der Waals surface area contributed by atoms with Crippen molar-refractivity contribution in [2.45, 2.75) is 13.5 Å². The van der Waals surface area contributed by atoms with E-state index in [1.165, 1.54) is 0 Å². The van der Waals surface area contributed by atoms with E-state index in [9.17, 15) is 4.79 Å². The van der Waals surface area contributed by atoms with E-state index in [4.69, 9.17) is 21.1 Å². The molecule has 0 radical (unpaired) electrons. The largest absolute Gasteiger partial charge is 0.497 e. The number of hydrogen-bond acceptors (Lipinski definition) is 4. The molecule has 30 heavy (non-hydrogen) atoms. The lowest BCUT2D eigenvalue weighted by Crippen LogP contribution is -2.04. The number of carbonyl (C=O) groups excluding carboxylic acids is 1. The van der Waals surface area contributed by atoms with Crippen LogP contribution in [0.1, 0.15) is 17.3 Å². The fraction of sp³-hybridized carbons (Fsp3) is 0.125. The van der Waals surface area contributed by atoms with Crippen molar-refractivity contribution in [3.8, 4) is 17.2 Å². The molecule has 0 aliphatic rings. The Balaban J connectivity index is 1.61. The number of anilines is 1. The van der Waals surface area contributed by atoms with Crippen molar-refractivity contribution in [3.63, 3.8) is 0 Å². The van der Waals surface area contributed by atoms with Crippen LogP contribution in [0.3, 0.4) is 0 Å². The molecule has 0 saturated heterocycles. The number of para-hydroxylation sites is 2. The third-order valence-corrected chi connectivity index (χ3v) is 5.08. The number of nitrogens with one attached hydrogen (secondary N) is 1. The second-order valence-corrected chi connectivity index (χ2v) is 7.27. The van der Waals surface area contributed by atoms with E-state index in [0.29, 0.717) is 23.1 Å². The minimum Gasteiger partial charge on any atom is -0.497 e. The number of hydrogen-bond donors (Lipinski definition) is 1. The second kappa shape index (κ2) is 8.51. The van der Waals surface area contributed by atoms with Gasteiger partial charge in [-0.2, -0.15) is 0 Å². The Morgan fingerprint density at radius 2 is 1.77 bits per heavy atom. The van der Waals surface area contributed by atoms with Crippen LogP contribution in [0.5, 0.6) is 17.2 Å². The van der Waals surface area contributed by atoms with E-state index >= 15 is 0 Å². The molecule has 152 valence electrons. The Kier molecular flexibility index (Phi) is 5.63. The van der Waals surface area contributed by atoms with Gasteiger partial charge in [0.1, 0.15) is 11.5 Å². The van der Waals surface area contributed by atoms with Crippen molar-refractivity contribution in [2.24, 2.45) is 0 Å². The van der Waals surface area contributed by atoms with Gasteiger partial charge in [-0.25, -0.2) is 0 Å². The highest BCUT2D eigenvalue weighted by molar-refractivity contribution is 6.30. The number of methoxy groups -OCH3 is 1. The minimum atomic E-state index is -0.0390. The van der Waals surface area contributed by atoms with Crippen LogP contribution < -0.4 is 14.8 Å². The summed E-state index contributed by atoms with van der Waals surface area (Å²) in [5.74, 6) is 2.11. The summed E-state index contributed by atoms with van der Waals surface area (Å²) in [5, 5.41) is 5.05. The first-order valence-corrected chi connectivity index (χ1v) is 9.88. The molecule has 5 nitrogen and oxygen atoms in total. The molecule has 0 unspecified atom stereocenters. The van der Waals surface area contributed by atoms with E-state index in [0.717, 1.165) is 27.9 Å². The Hall–Kier alpha value is -3.44. The zero-order valence-corrected chi connectivity index (χ0v) is 17.4. The lowest BCUT2D eigenvalue weighted by molar-refractivity contribution is 0.0941. The van der Waals surface area contributed by atoms with Gasteiger partial charge in [-0.05, 0) is 60.2 Å². The highest BCUT2D eigenvalue weighted by atomic mass is 35.5. The molecule has 1 N–H and O–H groups in total. The molecule has 4 aromatic rings. The molecule has 0 bridgehead atoms. The van der Waals surface area contributed by atoms with Crippen molar-refractivity contribution in [2.75, 3.05) is 12.4 Å². The van der Waals surface area contributed by atoms with Crippen molar-refractivity contribution in [1.29, 1.82) is 0 Å². The quantitative estimate of drug-likeness (QED) is 0.394. The molecule has 1 heterocycles. The van der Waals surface area contributed by atoms with Crippen molar-refractivity contribution >= 4 is 34.1 Å². The van der Waals surface area contributed by atoms with Crippen LogP contribution in [0.2, 0.25) is 5.02 Å². The number of nitrogens with zero attached hydrogens (tertiary/aromatic N) is 1. The molecule has 0 amide bonds. The van der Waals surface area contributed by atoms with E-state index in [-0.39, 0.29) is 5.91 Å². The molecule has 0 fully saturated rings. The first kappa shape index (κ1) is 19.9. The second-order valence-electron chi connectivity index (χ2n) is 6.83. The standard InChI is InChI=1S/C24H21ClN2O3/c1-16(28)27-15-17(21-13-20(29-2)11-12-23(21)27)14-26-22-5-3-4-6-24(22)30-19-9-7-18(25)8-10-19/h3-13,15,26H,14H2,1-2H3. The highest BCUT2D eigenvalue weighted by Gasteiger charge is 2.13. The molecule has 4 rings (SSSR count). The summed E-state index contributed by atoms with van der Waals surface area (Å²) >= 11 is 5.95. The molecule has 3 aromatic carbocycles. The maximum Gasteiger partial charge on any atom is 0.227 e. The van der Waals surface area contributed by atoms with Crippen LogP contribution in [-0.2, 0) is 6.54 Å². The summed E-state index contributed by atoms with van der Waals surface area (Å²) in [6.07, 6.45) is 1.86. The predicted molar refractivity (Wildman–Crippen MR) is 120 cm³/mol. The highest BCUT2D eigenvalue weighted by Crippen LogP contribution is 2.32. The van der Waals surface area contributed by atoms with Crippen molar-refractivity contribution < 1.29 is 14.3 Å². The lowest BCUT2D eigenvalue weighted by atomic mass is 10.1. The normalized spacial score (nSPS) is 10.8. The van der Waals surface area contributed by atoms with Gasteiger partial charge in [0.05, 0.1) is 18.3 Å². The summed E-state index contributed by atoms with van der Waals surface area (Å²) in [6.45, 7) is 2.07. The molecule has 1 aromatic heterocycles. The van der Waals surface area contributed by atoms with Gasteiger partial charge in [-0.1, -0.05) is 23.7 Å². The SMILES string of the molecule is COc1ccc2c(c1)c(CNc1ccccc1Oc1ccc(Cl)cc1)cn2C(C)=O. The monoisotopic (exact) mass is 420 g/mol. The molecule has 6 heteroatoms. The van der Waals surface area contributed by atoms with E-state index < -0.39 is 0 Å². The number of ether oxygens (including phenoxy) is 2. The Bertz CT molecular complexity index is 1200. The molecule has 0 aliphatic carbocycles. The Morgan fingerprint density at radius 1 is 1.03 bits per heavy atom. The third-order valence-electron chi connectivity index (χ3n) is 4.83. The summed E-state index contributed by atoms with van der Waals surface area (Å²) in [7, 11) is 1.63. The summed E-state index contributed by atoms with van der Waals surface area (Å²) in [6, 6.07) is 20.6. The fourth-order valence-corrected chi connectivity index (χ4v) is 3.45. The number of aromatic nitrogens is 1. The van der Waals surface area contributed by atoms with Gasteiger partial charge >= 0.3 is 0 Å². The zero-order valence-electron chi connectivity index (χ0n) is 16.7. The van der Waals surface area contributed by atoms with E-state index in [2.05, 4.69) is 5.32 Å². The Morgan fingerprint density at radius 3 is 2.50 bits per heavy atom. The van der Waals surface area contributed by atoms with Crippen LogP contribution in [0.25, 0.3) is 10.9 Å². The Labute approximate surface area is 179 Å². The van der Waals surface area contributed by atoms with Gasteiger partial charge in [-0.15, -0.1) is 0 Å². The topological polar surface area (TPSA) is 52.5 Å². The average molecular weight is 421 g/mol. The van der Waals surface area contributed by atoms with Crippen LogP contribution >= 0.6 is 11.6 Å².